The van der Waals surface area contributed by atoms with E-state index in [-0.39, 0.29) is 0 Å². The van der Waals surface area contributed by atoms with Crippen LogP contribution in [0.1, 0.15) is 79.1 Å². The molecule has 4 nitrogen and oxygen atoms in total. The van der Waals surface area contributed by atoms with Crippen LogP contribution < -0.4 is 9.13 Å². The minimum Gasteiger partial charge on any atom is -0.230 e. The van der Waals surface area contributed by atoms with Gasteiger partial charge < -0.3 is 0 Å². The minimum atomic E-state index is 1.09. The van der Waals surface area contributed by atoms with Gasteiger partial charge in [-0.15, -0.1) is 0 Å². The van der Waals surface area contributed by atoms with Crippen LogP contribution in [0.5, 0.6) is 0 Å². The molecule has 0 N–H and O–H groups in total. The van der Waals surface area contributed by atoms with Crippen LogP contribution in [0.2, 0.25) is 0 Å². The Morgan fingerprint density at radius 1 is 0.559 bits per heavy atom. The zero-order valence-electron chi connectivity index (χ0n) is 21.9. The Morgan fingerprint density at radius 2 is 0.971 bits per heavy atom. The summed E-state index contributed by atoms with van der Waals surface area (Å²) in [5.41, 5.74) is 8.08. The van der Waals surface area contributed by atoms with E-state index in [2.05, 4.69) is 95.0 Å². The Labute approximate surface area is 205 Å². The molecule has 4 heteroatoms. The topological polar surface area (TPSA) is 17.6 Å². The van der Waals surface area contributed by atoms with Crippen molar-refractivity contribution in [2.24, 2.45) is 0 Å². The highest BCUT2D eigenvalue weighted by Gasteiger charge is 2.19. The van der Waals surface area contributed by atoms with Gasteiger partial charge in [0.15, 0.2) is 22.1 Å². The van der Waals surface area contributed by atoms with E-state index in [1.54, 1.807) is 0 Å². The summed E-state index contributed by atoms with van der Waals surface area (Å²) >= 11 is 0. The third-order valence-corrected chi connectivity index (χ3v) is 7.09. The van der Waals surface area contributed by atoms with Crippen molar-refractivity contribution in [3.8, 4) is 11.1 Å². The summed E-state index contributed by atoms with van der Waals surface area (Å²) < 4.78 is 9.85. The zero-order chi connectivity index (χ0) is 23.9. The third kappa shape index (κ3) is 5.21. The normalized spacial score (nSPS) is 11.8. The molecule has 0 amide bonds. The van der Waals surface area contributed by atoms with Crippen molar-refractivity contribution < 1.29 is 9.13 Å². The fourth-order valence-corrected chi connectivity index (χ4v) is 4.96. The number of aromatic nitrogens is 4. The van der Waals surface area contributed by atoms with Crippen LogP contribution in [-0.2, 0) is 26.2 Å². The number of unbranched alkanes of at least 4 members (excludes halogenated alkanes) is 4. The maximum absolute atomic E-state index is 2.47. The van der Waals surface area contributed by atoms with Crippen LogP contribution in [-0.4, -0.2) is 9.13 Å². The van der Waals surface area contributed by atoms with Crippen LogP contribution in [0.4, 0.5) is 0 Å². The van der Waals surface area contributed by atoms with E-state index in [0.29, 0.717) is 0 Å². The number of fused-ring (bicyclic) bond motifs is 2. The molecule has 0 radical (unpaired) electrons. The lowest BCUT2D eigenvalue weighted by molar-refractivity contribution is -0.672. The lowest BCUT2D eigenvalue weighted by Crippen LogP contribution is -2.32. The number of hydrogen-bond donors (Lipinski definition) is 0. The van der Waals surface area contributed by atoms with E-state index in [9.17, 15) is 0 Å². The van der Waals surface area contributed by atoms with Crippen LogP contribution in [0.25, 0.3) is 33.2 Å². The first-order chi connectivity index (χ1) is 16.7. The van der Waals surface area contributed by atoms with Crippen molar-refractivity contribution >= 4 is 22.1 Å². The fraction of sp³-hybridized carbons (Fsp3) is 0.533. The van der Waals surface area contributed by atoms with Crippen molar-refractivity contribution in [2.75, 3.05) is 0 Å². The molecular formula is C30H44N4+2. The average molecular weight is 461 g/mol. The van der Waals surface area contributed by atoms with Gasteiger partial charge in [0.1, 0.15) is 0 Å². The predicted molar refractivity (Wildman–Crippen MR) is 143 cm³/mol. The summed E-state index contributed by atoms with van der Waals surface area (Å²) in [7, 11) is 0. The molecule has 0 saturated carbocycles. The Balaban J connectivity index is 1.76. The molecule has 0 fully saturated rings. The smallest absolute Gasteiger partial charge is 0.230 e. The average Bonchev–Trinajstić information content (AvgIpc) is 3.40. The van der Waals surface area contributed by atoms with Crippen LogP contribution in [0.3, 0.4) is 0 Å². The van der Waals surface area contributed by atoms with E-state index < -0.39 is 0 Å². The van der Waals surface area contributed by atoms with Gasteiger partial charge in [0.05, 0.1) is 26.2 Å². The van der Waals surface area contributed by atoms with Gasteiger partial charge in [-0.25, -0.2) is 18.3 Å². The van der Waals surface area contributed by atoms with E-state index in [1.165, 1.54) is 84.6 Å². The van der Waals surface area contributed by atoms with Crippen molar-refractivity contribution in [1.29, 1.82) is 0 Å². The molecule has 0 saturated heterocycles. The van der Waals surface area contributed by atoms with E-state index in [1.807, 2.05) is 0 Å². The first kappa shape index (κ1) is 24.5. The highest BCUT2D eigenvalue weighted by molar-refractivity contribution is 5.84. The SMILES string of the molecule is CCCCn1c[n+](CCCC)c2ccc(-c3ccc4c(c3)n(CCCC)c[n+]4CCCC)cc21. The van der Waals surface area contributed by atoms with Gasteiger partial charge in [-0.1, -0.05) is 53.4 Å². The first-order valence-electron chi connectivity index (χ1n) is 13.7. The predicted octanol–water partition coefficient (Wildman–Crippen LogP) is 7.04. The van der Waals surface area contributed by atoms with Crippen molar-refractivity contribution in [2.45, 2.75) is 105 Å². The molecule has 2 aromatic carbocycles. The second-order valence-electron chi connectivity index (χ2n) is 9.83. The number of aryl methyl sites for hydroxylation is 4. The Hall–Kier alpha value is -2.62. The van der Waals surface area contributed by atoms with Gasteiger partial charge in [0.2, 0.25) is 12.7 Å². The molecule has 4 aromatic rings. The first-order valence-corrected chi connectivity index (χ1v) is 13.7. The molecule has 0 aliphatic rings. The number of rotatable bonds is 13. The molecule has 0 aliphatic carbocycles. The summed E-state index contributed by atoms with van der Waals surface area (Å²) in [5, 5.41) is 0. The highest BCUT2D eigenvalue weighted by atomic mass is 15.1. The van der Waals surface area contributed by atoms with Crippen molar-refractivity contribution in [3.63, 3.8) is 0 Å². The molecule has 2 aromatic heterocycles. The summed E-state index contributed by atoms with van der Waals surface area (Å²) in [4.78, 5) is 0. The summed E-state index contributed by atoms with van der Waals surface area (Å²) in [5.74, 6) is 0. The number of nitrogens with zero attached hydrogens (tertiary/aromatic N) is 4. The lowest BCUT2D eigenvalue weighted by Gasteiger charge is -2.04. The number of hydrogen-bond acceptors (Lipinski definition) is 0. The molecular weight excluding hydrogens is 416 g/mol. The molecule has 0 unspecified atom stereocenters. The van der Waals surface area contributed by atoms with Gasteiger partial charge in [0.25, 0.3) is 0 Å². The maximum Gasteiger partial charge on any atom is 0.244 e. The van der Waals surface area contributed by atoms with Crippen molar-refractivity contribution in [3.05, 3.63) is 49.1 Å². The van der Waals surface area contributed by atoms with E-state index >= 15 is 0 Å². The van der Waals surface area contributed by atoms with Crippen LogP contribution in [0, 0.1) is 0 Å². The molecule has 182 valence electrons. The van der Waals surface area contributed by atoms with E-state index in [0.717, 1.165) is 26.2 Å². The summed E-state index contributed by atoms with van der Waals surface area (Å²) in [6.07, 6.45) is 14.5. The molecule has 0 aliphatic heterocycles. The summed E-state index contributed by atoms with van der Waals surface area (Å²) in [6, 6.07) is 14.1. The van der Waals surface area contributed by atoms with Gasteiger partial charge >= 0.3 is 0 Å². The second kappa shape index (κ2) is 11.7. The number of benzene rings is 2. The molecule has 34 heavy (non-hydrogen) atoms. The largest absolute Gasteiger partial charge is 0.244 e. The Bertz CT molecular complexity index is 1120. The van der Waals surface area contributed by atoms with Crippen LogP contribution >= 0.6 is 0 Å². The zero-order valence-corrected chi connectivity index (χ0v) is 21.9. The van der Waals surface area contributed by atoms with Gasteiger partial charge in [-0.05, 0) is 73.2 Å². The van der Waals surface area contributed by atoms with Crippen LogP contribution in [0.15, 0.2) is 49.1 Å². The second-order valence-corrected chi connectivity index (χ2v) is 9.83. The Morgan fingerprint density at radius 3 is 1.35 bits per heavy atom. The summed E-state index contributed by atoms with van der Waals surface area (Å²) in [6.45, 7) is 13.5. The number of imidazole rings is 2. The maximum atomic E-state index is 2.47. The van der Waals surface area contributed by atoms with Gasteiger partial charge in [-0.3, -0.25) is 0 Å². The molecule has 0 spiro atoms. The lowest BCUT2D eigenvalue weighted by atomic mass is 10.0. The highest BCUT2D eigenvalue weighted by Crippen LogP contribution is 2.27. The standard InChI is InChI=1S/C30H44N4/c1-5-9-17-31-23-33(19-11-7-3)29-21-25(13-15-27(29)31)26-14-16-28-30(22-26)34(20-12-8-4)24-32(28)18-10-6-2/h13-16,21-24H,5-12,17-20H2,1-4H3/q+2. The monoisotopic (exact) mass is 460 g/mol. The molecule has 2 heterocycles. The fourth-order valence-electron chi connectivity index (χ4n) is 4.96. The van der Waals surface area contributed by atoms with E-state index in [4.69, 9.17) is 0 Å². The van der Waals surface area contributed by atoms with Gasteiger partial charge in [0, 0.05) is 0 Å². The third-order valence-electron chi connectivity index (χ3n) is 7.09. The minimum absolute atomic E-state index is 1.09. The molecule has 4 rings (SSSR count). The quantitative estimate of drug-likeness (QED) is 0.190. The van der Waals surface area contributed by atoms with Crippen molar-refractivity contribution in [1.82, 2.24) is 9.13 Å². The molecule has 0 atom stereocenters. The van der Waals surface area contributed by atoms with Gasteiger partial charge in [-0.2, -0.15) is 0 Å². The molecule has 0 bridgehead atoms. The Kier molecular flexibility index (Phi) is 8.42.